The lowest BCUT2D eigenvalue weighted by molar-refractivity contribution is 0.548. The number of pyridine rings is 2. The van der Waals surface area contributed by atoms with Crippen molar-refractivity contribution in [2.75, 3.05) is 4.90 Å². The van der Waals surface area contributed by atoms with Crippen molar-refractivity contribution in [3.8, 4) is 5.69 Å². The molecule has 1 aliphatic heterocycles. The van der Waals surface area contributed by atoms with Gasteiger partial charge < -0.3 is 14.8 Å². The van der Waals surface area contributed by atoms with Crippen LogP contribution >= 0.6 is 12.2 Å². The maximum atomic E-state index is 5.87. The van der Waals surface area contributed by atoms with Crippen LogP contribution in [0.5, 0.6) is 0 Å². The Morgan fingerprint density at radius 2 is 1.78 bits per heavy atom. The van der Waals surface area contributed by atoms with E-state index in [1.807, 2.05) is 30.6 Å². The van der Waals surface area contributed by atoms with E-state index in [0.29, 0.717) is 5.11 Å². The van der Waals surface area contributed by atoms with E-state index in [1.165, 1.54) is 5.56 Å². The Balaban J connectivity index is 1.68. The molecule has 32 heavy (non-hydrogen) atoms. The fraction of sp³-hybridized carbons (Fsp3) is 0.192. The molecule has 4 aromatic rings. The minimum Gasteiger partial charge on any atom is -0.351 e. The minimum absolute atomic E-state index is 0.0706. The van der Waals surface area contributed by atoms with Crippen LogP contribution in [-0.4, -0.2) is 19.6 Å². The highest BCUT2D eigenvalue weighted by Gasteiger charge is 2.42. The zero-order valence-corrected chi connectivity index (χ0v) is 19.0. The standard InChI is InChI=1S/C26H25N5S/c1-3-19-10-12-20(13-11-19)31-25(24(29-26(31)32)22-8-4-5-16-28-22)23-14-9-18(2)30(23)21-7-6-15-27-17-21/h4-17,24-25H,3H2,1-2H3,(H,29,32)/t24-,25-/m0/s1. The third kappa shape index (κ3) is 3.56. The molecule has 1 aliphatic rings. The monoisotopic (exact) mass is 439 g/mol. The van der Waals surface area contributed by atoms with Crippen LogP contribution in [0.15, 0.2) is 85.3 Å². The molecule has 4 heterocycles. The molecule has 2 atom stereocenters. The lowest BCUT2D eigenvalue weighted by atomic mass is 10.0. The second-order valence-corrected chi connectivity index (χ2v) is 8.35. The van der Waals surface area contributed by atoms with Crippen molar-refractivity contribution in [2.45, 2.75) is 32.4 Å². The van der Waals surface area contributed by atoms with Gasteiger partial charge in [0.05, 0.1) is 23.6 Å². The van der Waals surface area contributed by atoms with E-state index in [2.05, 4.69) is 87.1 Å². The maximum absolute atomic E-state index is 5.87. The number of hydrogen-bond donors (Lipinski definition) is 1. The van der Waals surface area contributed by atoms with E-state index < -0.39 is 0 Å². The first kappa shape index (κ1) is 20.4. The average Bonchev–Trinajstić information content (AvgIpc) is 3.39. The summed E-state index contributed by atoms with van der Waals surface area (Å²) in [5, 5.41) is 4.25. The number of aryl methyl sites for hydroxylation is 2. The van der Waals surface area contributed by atoms with Crippen molar-refractivity contribution in [1.82, 2.24) is 19.9 Å². The molecule has 3 aromatic heterocycles. The Kier molecular flexibility index (Phi) is 5.45. The number of aromatic nitrogens is 3. The Labute approximate surface area is 193 Å². The van der Waals surface area contributed by atoms with Crippen molar-refractivity contribution in [3.05, 3.63) is 108 Å². The van der Waals surface area contributed by atoms with Crippen LogP contribution in [0, 0.1) is 6.92 Å². The van der Waals surface area contributed by atoms with Crippen LogP contribution in [0.1, 0.15) is 41.7 Å². The smallest absolute Gasteiger partial charge is 0.174 e. The molecule has 0 bridgehead atoms. The second-order valence-electron chi connectivity index (χ2n) is 7.96. The fourth-order valence-electron chi connectivity index (χ4n) is 4.45. The van der Waals surface area contributed by atoms with Crippen LogP contribution in [0.4, 0.5) is 5.69 Å². The number of benzene rings is 1. The molecule has 5 rings (SSSR count). The maximum Gasteiger partial charge on any atom is 0.174 e. The molecule has 0 saturated carbocycles. The first-order valence-corrected chi connectivity index (χ1v) is 11.3. The summed E-state index contributed by atoms with van der Waals surface area (Å²) in [4.78, 5) is 11.2. The molecule has 160 valence electrons. The van der Waals surface area contributed by atoms with Crippen LogP contribution < -0.4 is 10.2 Å². The predicted molar refractivity (Wildman–Crippen MR) is 132 cm³/mol. The van der Waals surface area contributed by atoms with Gasteiger partial charge in [0.15, 0.2) is 5.11 Å². The van der Waals surface area contributed by atoms with Crippen molar-refractivity contribution >= 4 is 23.0 Å². The van der Waals surface area contributed by atoms with Gasteiger partial charge in [-0.3, -0.25) is 9.97 Å². The Bertz CT molecular complexity index is 1220. The highest BCUT2D eigenvalue weighted by molar-refractivity contribution is 7.80. The summed E-state index contributed by atoms with van der Waals surface area (Å²) in [6.45, 7) is 4.29. The van der Waals surface area contributed by atoms with Crippen molar-refractivity contribution in [3.63, 3.8) is 0 Å². The van der Waals surface area contributed by atoms with Crippen molar-refractivity contribution in [2.24, 2.45) is 0 Å². The zero-order valence-electron chi connectivity index (χ0n) is 18.1. The molecule has 0 radical (unpaired) electrons. The molecular weight excluding hydrogens is 414 g/mol. The van der Waals surface area contributed by atoms with Gasteiger partial charge in [0.1, 0.15) is 6.04 Å². The zero-order chi connectivity index (χ0) is 22.1. The molecular formula is C26H25N5S. The SMILES string of the molecule is CCc1ccc(N2C(=S)N[C@@H](c3ccccn3)[C@@H]2c2ccc(C)n2-c2cccnc2)cc1. The third-order valence-electron chi connectivity index (χ3n) is 6.03. The molecule has 1 N–H and O–H groups in total. The van der Waals surface area contributed by atoms with Gasteiger partial charge in [-0.15, -0.1) is 0 Å². The average molecular weight is 440 g/mol. The van der Waals surface area contributed by atoms with E-state index in [0.717, 1.165) is 34.9 Å². The summed E-state index contributed by atoms with van der Waals surface area (Å²) < 4.78 is 2.26. The minimum atomic E-state index is -0.0840. The van der Waals surface area contributed by atoms with E-state index in [4.69, 9.17) is 12.2 Å². The Morgan fingerprint density at radius 3 is 2.47 bits per heavy atom. The number of nitrogens with zero attached hydrogens (tertiary/aromatic N) is 4. The number of nitrogens with one attached hydrogen (secondary N) is 1. The summed E-state index contributed by atoms with van der Waals surface area (Å²) in [5.74, 6) is 0. The van der Waals surface area contributed by atoms with Crippen molar-refractivity contribution in [1.29, 1.82) is 0 Å². The first-order chi connectivity index (χ1) is 15.7. The third-order valence-corrected chi connectivity index (χ3v) is 6.35. The molecule has 1 fully saturated rings. The van der Waals surface area contributed by atoms with E-state index in [9.17, 15) is 0 Å². The predicted octanol–water partition coefficient (Wildman–Crippen LogP) is 5.32. The topological polar surface area (TPSA) is 46.0 Å². The molecule has 6 heteroatoms. The summed E-state index contributed by atoms with van der Waals surface area (Å²) >= 11 is 5.87. The van der Waals surface area contributed by atoms with Gasteiger partial charge in [0.2, 0.25) is 0 Å². The highest BCUT2D eigenvalue weighted by Crippen LogP contribution is 2.42. The molecule has 0 unspecified atom stereocenters. The largest absolute Gasteiger partial charge is 0.351 e. The molecule has 5 nitrogen and oxygen atoms in total. The summed E-state index contributed by atoms with van der Waals surface area (Å²) in [6, 6.07) is 22.9. The van der Waals surface area contributed by atoms with E-state index in [-0.39, 0.29) is 12.1 Å². The van der Waals surface area contributed by atoms with Gasteiger partial charge in [-0.1, -0.05) is 25.1 Å². The molecule has 0 amide bonds. The van der Waals surface area contributed by atoms with E-state index >= 15 is 0 Å². The number of rotatable bonds is 5. The normalized spacial score (nSPS) is 18.1. The van der Waals surface area contributed by atoms with Gasteiger partial charge in [0.25, 0.3) is 0 Å². The molecule has 1 aromatic carbocycles. The highest BCUT2D eigenvalue weighted by atomic mass is 32.1. The Hall–Kier alpha value is -3.51. The second kappa shape index (κ2) is 8.55. The van der Waals surface area contributed by atoms with Crippen LogP contribution in [0.25, 0.3) is 5.69 Å². The quantitative estimate of drug-likeness (QED) is 0.427. The molecule has 0 aliphatic carbocycles. The first-order valence-electron chi connectivity index (χ1n) is 10.9. The Morgan fingerprint density at radius 1 is 0.938 bits per heavy atom. The number of hydrogen-bond acceptors (Lipinski definition) is 3. The number of thiocarbonyl (C=S) groups is 1. The summed E-state index contributed by atoms with van der Waals surface area (Å²) in [5.41, 5.74) is 6.65. The molecule has 1 saturated heterocycles. The van der Waals surface area contributed by atoms with Crippen LogP contribution in [-0.2, 0) is 6.42 Å². The van der Waals surface area contributed by atoms with Crippen LogP contribution in [0.2, 0.25) is 0 Å². The van der Waals surface area contributed by atoms with Gasteiger partial charge >= 0.3 is 0 Å². The lowest BCUT2D eigenvalue weighted by Gasteiger charge is -2.29. The van der Waals surface area contributed by atoms with Crippen molar-refractivity contribution < 1.29 is 0 Å². The summed E-state index contributed by atoms with van der Waals surface area (Å²) in [7, 11) is 0. The fourth-order valence-corrected chi connectivity index (χ4v) is 4.80. The lowest BCUT2D eigenvalue weighted by Crippen LogP contribution is -2.30. The van der Waals surface area contributed by atoms with E-state index in [1.54, 1.807) is 6.20 Å². The van der Waals surface area contributed by atoms with Gasteiger partial charge in [-0.2, -0.15) is 0 Å². The summed E-state index contributed by atoms with van der Waals surface area (Å²) in [6.07, 6.45) is 6.53. The molecule has 0 spiro atoms. The van der Waals surface area contributed by atoms with Gasteiger partial charge in [-0.05, 0) is 79.7 Å². The van der Waals surface area contributed by atoms with Crippen LogP contribution in [0.3, 0.4) is 0 Å². The number of anilines is 1. The van der Waals surface area contributed by atoms with Gasteiger partial charge in [-0.25, -0.2) is 0 Å². The van der Waals surface area contributed by atoms with Gasteiger partial charge in [0, 0.05) is 29.5 Å².